The molecule has 0 saturated carbocycles. The highest BCUT2D eigenvalue weighted by Crippen LogP contribution is 2.10. The fraction of sp³-hybridized carbons (Fsp3) is 0.0833. The van der Waals surface area contributed by atoms with Gasteiger partial charge in [-0.2, -0.15) is 0 Å². The van der Waals surface area contributed by atoms with Crippen molar-refractivity contribution in [3.63, 3.8) is 0 Å². The molecule has 6 heteroatoms. The van der Waals surface area contributed by atoms with Gasteiger partial charge >= 0.3 is 0 Å². The third-order valence-electron chi connectivity index (χ3n) is 2.40. The first-order valence-corrected chi connectivity index (χ1v) is 5.22. The maximum atomic E-state index is 13.3. The lowest BCUT2D eigenvalue weighted by Gasteiger charge is -2.05. The number of nitrogens with one attached hydrogen (secondary N) is 2. The zero-order valence-corrected chi connectivity index (χ0v) is 9.34. The van der Waals surface area contributed by atoms with Crippen LogP contribution in [0.3, 0.4) is 0 Å². The van der Waals surface area contributed by atoms with Crippen molar-refractivity contribution in [2.24, 2.45) is 0 Å². The van der Waals surface area contributed by atoms with Gasteiger partial charge in [0.1, 0.15) is 17.3 Å². The molecule has 0 atom stereocenters. The highest BCUT2D eigenvalue weighted by Gasteiger charge is 2.09. The van der Waals surface area contributed by atoms with Crippen LogP contribution in [-0.2, 0) is 6.54 Å². The van der Waals surface area contributed by atoms with E-state index in [2.05, 4.69) is 10.3 Å². The minimum atomic E-state index is -0.693. The number of H-pyrrole nitrogens is 1. The first kappa shape index (κ1) is 12.1. The first-order chi connectivity index (χ1) is 8.56. The molecule has 0 fully saturated rings. The number of benzene rings is 1. The summed E-state index contributed by atoms with van der Waals surface area (Å²) in [6, 6.07) is 4.66. The zero-order valence-electron chi connectivity index (χ0n) is 9.34. The molecular formula is C12H11F2N3O. The lowest BCUT2D eigenvalue weighted by Crippen LogP contribution is -2.23. The van der Waals surface area contributed by atoms with Gasteiger partial charge in [0.2, 0.25) is 0 Å². The Bertz CT molecular complexity index is 580. The monoisotopic (exact) mass is 251 g/mol. The number of anilines is 1. The van der Waals surface area contributed by atoms with E-state index in [1.807, 2.05) is 0 Å². The van der Waals surface area contributed by atoms with Gasteiger partial charge in [0.05, 0.1) is 0 Å². The van der Waals surface area contributed by atoms with Crippen LogP contribution in [0.15, 0.2) is 30.5 Å². The van der Waals surface area contributed by atoms with Crippen molar-refractivity contribution >= 4 is 11.6 Å². The molecule has 94 valence electrons. The molecular weight excluding hydrogens is 240 g/mol. The average Bonchev–Trinajstić information content (AvgIpc) is 2.74. The van der Waals surface area contributed by atoms with Gasteiger partial charge in [-0.15, -0.1) is 0 Å². The molecule has 0 unspecified atom stereocenters. The van der Waals surface area contributed by atoms with E-state index in [0.717, 1.165) is 12.1 Å². The van der Waals surface area contributed by atoms with E-state index in [1.54, 1.807) is 0 Å². The molecule has 2 aromatic rings. The number of nitrogen functional groups attached to an aromatic ring is 1. The molecule has 0 saturated heterocycles. The van der Waals surface area contributed by atoms with Crippen molar-refractivity contribution in [1.29, 1.82) is 0 Å². The molecule has 18 heavy (non-hydrogen) atoms. The number of nitrogens with two attached hydrogens (primary N) is 1. The Kier molecular flexibility index (Phi) is 3.27. The lowest BCUT2D eigenvalue weighted by atomic mass is 10.2. The highest BCUT2D eigenvalue weighted by molar-refractivity contribution is 5.93. The molecule has 1 aromatic carbocycles. The predicted octanol–water partition coefficient (Wildman–Crippen LogP) is 1.81. The van der Waals surface area contributed by atoms with E-state index >= 15 is 0 Å². The van der Waals surface area contributed by atoms with Crippen LogP contribution in [0.25, 0.3) is 0 Å². The standard InChI is InChI=1S/C12H11F2N3O/c13-8-2-1-7(10(14)3-8)5-17-12(18)11-4-9(15)6-16-11/h1-4,6,16H,5,15H2,(H,17,18). The minimum Gasteiger partial charge on any atom is -0.397 e. The molecule has 1 aromatic heterocycles. The SMILES string of the molecule is Nc1c[nH]c(C(=O)NCc2ccc(F)cc2F)c1. The summed E-state index contributed by atoms with van der Waals surface area (Å²) in [6.07, 6.45) is 1.48. The van der Waals surface area contributed by atoms with Crippen molar-refractivity contribution < 1.29 is 13.6 Å². The molecule has 0 aliphatic rings. The largest absolute Gasteiger partial charge is 0.397 e. The molecule has 1 heterocycles. The molecule has 0 bridgehead atoms. The minimum absolute atomic E-state index is 0.0239. The van der Waals surface area contributed by atoms with Gasteiger partial charge in [0, 0.05) is 30.1 Å². The number of aromatic nitrogens is 1. The summed E-state index contributed by atoms with van der Waals surface area (Å²) in [5.74, 6) is -1.75. The van der Waals surface area contributed by atoms with Gasteiger partial charge in [0.15, 0.2) is 0 Å². The van der Waals surface area contributed by atoms with E-state index in [1.165, 1.54) is 18.3 Å². The number of aromatic amines is 1. The second-order valence-electron chi connectivity index (χ2n) is 3.77. The number of carbonyl (C=O) groups is 1. The Hall–Kier alpha value is -2.37. The van der Waals surface area contributed by atoms with Gasteiger partial charge in [-0.05, 0) is 12.1 Å². The average molecular weight is 251 g/mol. The van der Waals surface area contributed by atoms with E-state index in [9.17, 15) is 13.6 Å². The summed E-state index contributed by atoms with van der Waals surface area (Å²) in [6.45, 7) is -0.0239. The Labute approximate surface area is 102 Å². The molecule has 4 N–H and O–H groups in total. The summed E-state index contributed by atoms with van der Waals surface area (Å²) in [5.41, 5.74) is 6.39. The second-order valence-corrected chi connectivity index (χ2v) is 3.77. The normalized spacial score (nSPS) is 10.3. The van der Waals surface area contributed by atoms with Crippen LogP contribution >= 0.6 is 0 Å². The van der Waals surface area contributed by atoms with E-state index < -0.39 is 17.5 Å². The number of amides is 1. The van der Waals surface area contributed by atoms with Crippen molar-refractivity contribution in [3.8, 4) is 0 Å². The van der Waals surface area contributed by atoms with Crippen molar-refractivity contribution in [2.45, 2.75) is 6.54 Å². The van der Waals surface area contributed by atoms with Crippen LogP contribution in [0.4, 0.5) is 14.5 Å². The van der Waals surface area contributed by atoms with E-state index in [0.29, 0.717) is 5.69 Å². The molecule has 4 nitrogen and oxygen atoms in total. The number of rotatable bonds is 3. The molecule has 2 rings (SSSR count). The number of carbonyl (C=O) groups excluding carboxylic acids is 1. The molecule has 1 amide bonds. The third kappa shape index (κ3) is 2.65. The summed E-state index contributed by atoms with van der Waals surface area (Å²) >= 11 is 0. The molecule has 0 spiro atoms. The number of hydrogen-bond donors (Lipinski definition) is 3. The van der Waals surface area contributed by atoms with Crippen LogP contribution in [0.1, 0.15) is 16.1 Å². The van der Waals surface area contributed by atoms with Crippen LogP contribution in [0.5, 0.6) is 0 Å². The van der Waals surface area contributed by atoms with E-state index in [4.69, 9.17) is 5.73 Å². The van der Waals surface area contributed by atoms with Crippen LogP contribution < -0.4 is 11.1 Å². The molecule has 0 radical (unpaired) electrons. The first-order valence-electron chi connectivity index (χ1n) is 5.22. The van der Waals surface area contributed by atoms with Crippen molar-refractivity contribution in [3.05, 3.63) is 53.4 Å². The molecule has 0 aliphatic carbocycles. The highest BCUT2D eigenvalue weighted by atomic mass is 19.1. The Morgan fingerprint density at radius 2 is 2.11 bits per heavy atom. The smallest absolute Gasteiger partial charge is 0.268 e. The second kappa shape index (κ2) is 4.87. The van der Waals surface area contributed by atoms with Crippen molar-refractivity contribution in [1.82, 2.24) is 10.3 Å². The van der Waals surface area contributed by atoms with Gasteiger partial charge in [-0.1, -0.05) is 6.07 Å². The quantitative estimate of drug-likeness (QED) is 0.778. The zero-order chi connectivity index (χ0) is 13.1. The van der Waals surface area contributed by atoms with Gasteiger partial charge in [0.25, 0.3) is 5.91 Å². The summed E-state index contributed by atoms with van der Waals surface area (Å²) in [5, 5.41) is 2.50. The van der Waals surface area contributed by atoms with E-state index in [-0.39, 0.29) is 17.8 Å². The van der Waals surface area contributed by atoms with Gasteiger partial charge in [-0.3, -0.25) is 4.79 Å². The van der Waals surface area contributed by atoms with Crippen LogP contribution in [0, 0.1) is 11.6 Å². The third-order valence-corrected chi connectivity index (χ3v) is 2.40. The summed E-state index contributed by atoms with van der Waals surface area (Å²) in [7, 11) is 0. The Morgan fingerprint density at radius 1 is 1.33 bits per heavy atom. The summed E-state index contributed by atoms with van der Waals surface area (Å²) in [4.78, 5) is 14.3. The van der Waals surface area contributed by atoms with Crippen LogP contribution in [0.2, 0.25) is 0 Å². The topological polar surface area (TPSA) is 70.9 Å². The lowest BCUT2D eigenvalue weighted by molar-refractivity contribution is 0.0946. The molecule has 0 aliphatic heterocycles. The number of hydrogen-bond acceptors (Lipinski definition) is 2. The van der Waals surface area contributed by atoms with Crippen molar-refractivity contribution in [2.75, 3.05) is 5.73 Å². The van der Waals surface area contributed by atoms with Gasteiger partial charge < -0.3 is 16.0 Å². The summed E-state index contributed by atoms with van der Waals surface area (Å²) < 4.78 is 26.0. The Morgan fingerprint density at radius 3 is 2.72 bits per heavy atom. The van der Waals surface area contributed by atoms with Crippen LogP contribution in [-0.4, -0.2) is 10.9 Å². The maximum absolute atomic E-state index is 13.3. The Balaban J connectivity index is 2.01. The van der Waals surface area contributed by atoms with Gasteiger partial charge in [-0.25, -0.2) is 8.78 Å². The maximum Gasteiger partial charge on any atom is 0.268 e. The number of halogens is 2. The fourth-order valence-corrected chi connectivity index (χ4v) is 1.48. The predicted molar refractivity (Wildman–Crippen MR) is 62.7 cm³/mol. The fourth-order valence-electron chi connectivity index (χ4n) is 1.48.